The highest BCUT2D eigenvalue weighted by molar-refractivity contribution is 8.01. The summed E-state index contributed by atoms with van der Waals surface area (Å²) in [5.74, 6) is -1.03. The Morgan fingerprint density at radius 3 is 2.56 bits per heavy atom. The number of carboxylic acid groups (broad SMARTS) is 1. The largest absolute Gasteiger partial charge is 0.480 e. The minimum absolute atomic E-state index is 0.0367. The minimum Gasteiger partial charge on any atom is -0.480 e. The molecule has 0 radical (unpaired) electrons. The number of rotatable bonds is 9. The van der Waals surface area contributed by atoms with Crippen molar-refractivity contribution in [3.8, 4) is 0 Å². The van der Waals surface area contributed by atoms with Crippen molar-refractivity contribution in [1.82, 2.24) is 10.5 Å². The van der Waals surface area contributed by atoms with Crippen molar-refractivity contribution in [2.45, 2.75) is 31.6 Å². The van der Waals surface area contributed by atoms with Crippen LogP contribution in [-0.2, 0) is 20.8 Å². The Hall–Kier alpha value is -2.81. The van der Waals surface area contributed by atoms with Crippen molar-refractivity contribution in [3.05, 3.63) is 47.7 Å². The molecule has 2 amide bonds. The first kappa shape index (κ1) is 20.5. The number of nitrogens with zero attached hydrogens (tertiary/aromatic N) is 1. The van der Waals surface area contributed by atoms with Crippen molar-refractivity contribution in [1.29, 1.82) is 0 Å². The highest BCUT2D eigenvalue weighted by Gasteiger charge is 2.22. The van der Waals surface area contributed by atoms with Crippen molar-refractivity contribution in [2.24, 2.45) is 0 Å². The number of amides is 2. The molecule has 2 aromatic rings. The Labute approximate surface area is 160 Å². The zero-order chi connectivity index (χ0) is 19.8. The fraction of sp³-hybridized carbons (Fsp3) is 0.333. The van der Waals surface area contributed by atoms with Crippen LogP contribution in [0.25, 0.3) is 0 Å². The smallest absolute Gasteiger partial charge is 0.326 e. The average molecular weight is 391 g/mol. The zero-order valence-corrected chi connectivity index (χ0v) is 15.8. The Morgan fingerprint density at radius 2 is 1.96 bits per heavy atom. The van der Waals surface area contributed by atoms with E-state index in [9.17, 15) is 19.5 Å². The predicted octanol–water partition coefficient (Wildman–Crippen LogP) is 1.86. The number of benzene rings is 1. The van der Waals surface area contributed by atoms with Crippen LogP contribution >= 0.6 is 11.8 Å². The number of carboxylic acids is 1. The first-order valence-electron chi connectivity index (χ1n) is 8.27. The van der Waals surface area contributed by atoms with Crippen LogP contribution in [0.15, 0.2) is 40.9 Å². The number of aliphatic carboxylic acids is 1. The highest BCUT2D eigenvalue weighted by atomic mass is 32.2. The number of carbonyl (C=O) groups is 3. The molecule has 1 aromatic carbocycles. The molecule has 0 aliphatic rings. The summed E-state index contributed by atoms with van der Waals surface area (Å²) in [4.78, 5) is 35.5. The molecule has 144 valence electrons. The third-order valence-corrected chi connectivity index (χ3v) is 4.77. The van der Waals surface area contributed by atoms with Gasteiger partial charge < -0.3 is 20.3 Å². The molecule has 27 heavy (non-hydrogen) atoms. The summed E-state index contributed by atoms with van der Waals surface area (Å²) in [6.07, 6.45) is 0.189. The van der Waals surface area contributed by atoms with Crippen LogP contribution in [0.1, 0.15) is 18.2 Å². The second-order valence-electron chi connectivity index (χ2n) is 5.91. The summed E-state index contributed by atoms with van der Waals surface area (Å²) in [7, 11) is 0. The predicted molar refractivity (Wildman–Crippen MR) is 102 cm³/mol. The molecule has 9 heteroatoms. The van der Waals surface area contributed by atoms with E-state index in [2.05, 4.69) is 15.8 Å². The normalized spacial score (nSPS) is 12.8. The van der Waals surface area contributed by atoms with Gasteiger partial charge in [0, 0.05) is 12.5 Å². The number of carbonyl (C=O) groups excluding carboxylic acids is 2. The fourth-order valence-corrected chi connectivity index (χ4v) is 2.91. The van der Waals surface area contributed by atoms with Gasteiger partial charge in [-0.25, -0.2) is 4.79 Å². The van der Waals surface area contributed by atoms with Crippen LogP contribution < -0.4 is 10.6 Å². The van der Waals surface area contributed by atoms with Crippen molar-refractivity contribution >= 4 is 35.4 Å². The van der Waals surface area contributed by atoms with Crippen molar-refractivity contribution in [2.75, 3.05) is 11.1 Å². The van der Waals surface area contributed by atoms with Gasteiger partial charge in [0.2, 0.25) is 11.8 Å². The summed E-state index contributed by atoms with van der Waals surface area (Å²) < 4.78 is 4.87. The molecule has 0 aliphatic carbocycles. The summed E-state index contributed by atoms with van der Waals surface area (Å²) >= 11 is 1.10. The summed E-state index contributed by atoms with van der Waals surface area (Å²) in [5, 5.41) is 17.5. The number of anilines is 1. The molecule has 1 aromatic heterocycles. The Bertz CT molecular complexity index is 793. The summed E-state index contributed by atoms with van der Waals surface area (Å²) in [6, 6.07) is 9.61. The highest BCUT2D eigenvalue weighted by Crippen LogP contribution is 2.14. The molecule has 0 aliphatic heterocycles. The van der Waals surface area contributed by atoms with E-state index in [1.807, 2.05) is 18.2 Å². The van der Waals surface area contributed by atoms with E-state index in [1.54, 1.807) is 32.0 Å². The van der Waals surface area contributed by atoms with Crippen LogP contribution in [0, 0.1) is 6.92 Å². The SMILES string of the molecule is Cc1cc(NC(=O)C(C)SCC(=O)N[C@@H](Cc2ccccc2)C(=O)O)no1. The fourth-order valence-electron chi connectivity index (χ4n) is 2.22. The van der Waals surface area contributed by atoms with Gasteiger partial charge in [-0.05, 0) is 19.4 Å². The third-order valence-electron chi connectivity index (χ3n) is 3.63. The lowest BCUT2D eigenvalue weighted by molar-refractivity contribution is -0.141. The van der Waals surface area contributed by atoms with E-state index in [4.69, 9.17) is 4.52 Å². The molecule has 0 saturated carbocycles. The van der Waals surface area contributed by atoms with Gasteiger partial charge in [0.05, 0.1) is 11.0 Å². The molecule has 8 nitrogen and oxygen atoms in total. The van der Waals surface area contributed by atoms with E-state index < -0.39 is 23.2 Å². The Morgan fingerprint density at radius 1 is 1.26 bits per heavy atom. The van der Waals surface area contributed by atoms with Gasteiger partial charge in [-0.2, -0.15) is 0 Å². The number of nitrogens with one attached hydrogen (secondary N) is 2. The number of aryl methyl sites for hydroxylation is 1. The van der Waals surface area contributed by atoms with E-state index in [0.717, 1.165) is 17.3 Å². The lowest BCUT2D eigenvalue weighted by Crippen LogP contribution is -2.43. The second kappa shape index (κ2) is 9.77. The maximum Gasteiger partial charge on any atom is 0.326 e. The monoisotopic (exact) mass is 391 g/mol. The van der Waals surface area contributed by atoms with Gasteiger partial charge in [-0.15, -0.1) is 11.8 Å². The first-order chi connectivity index (χ1) is 12.8. The number of thioether (sulfide) groups is 1. The third kappa shape index (κ3) is 6.78. The van der Waals surface area contributed by atoms with Crippen LogP contribution in [0.5, 0.6) is 0 Å². The summed E-state index contributed by atoms with van der Waals surface area (Å²) in [6.45, 7) is 3.36. The minimum atomic E-state index is -1.11. The molecule has 0 saturated heterocycles. The molecule has 3 N–H and O–H groups in total. The average Bonchev–Trinajstić information content (AvgIpc) is 3.04. The van der Waals surface area contributed by atoms with Gasteiger partial charge in [0.25, 0.3) is 0 Å². The standard InChI is InChI=1S/C18H21N3O5S/c1-11-8-15(21-26-11)20-17(23)12(2)27-10-16(22)19-14(18(24)25)9-13-6-4-3-5-7-13/h3-8,12,14H,9-10H2,1-2H3,(H,19,22)(H,24,25)(H,20,21,23)/t12?,14-/m0/s1. The van der Waals surface area contributed by atoms with Crippen LogP contribution in [0.4, 0.5) is 5.82 Å². The van der Waals surface area contributed by atoms with E-state index >= 15 is 0 Å². The Balaban J connectivity index is 1.80. The molecule has 0 fully saturated rings. The number of aromatic nitrogens is 1. The van der Waals surface area contributed by atoms with Gasteiger partial charge in [0.1, 0.15) is 11.8 Å². The zero-order valence-electron chi connectivity index (χ0n) is 15.0. The molecule has 1 unspecified atom stereocenters. The van der Waals surface area contributed by atoms with E-state index in [-0.39, 0.29) is 18.1 Å². The molecular weight excluding hydrogens is 370 g/mol. The van der Waals surface area contributed by atoms with Crippen molar-refractivity contribution in [3.63, 3.8) is 0 Å². The molecular formula is C18H21N3O5S. The van der Waals surface area contributed by atoms with E-state index in [0.29, 0.717) is 11.6 Å². The van der Waals surface area contributed by atoms with Crippen molar-refractivity contribution < 1.29 is 24.0 Å². The molecule has 2 rings (SSSR count). The van der Waals surface area contributed by atoms with Gasteiger partial charge in [-0.1, -0.05) is 35.5 Å². The van der Waals surface area contributed by atoms with Crippen LogP contribution in [-0.4, -0.2) is 45.1 Å². The topological polar surface area (TPSA) is 122 Å². The quantitative estimate of drug-likeness (QED) is 0.596. The molecule has 0 spiro atoms. The van der Waals surface area contributed by atoms with Crippen LogP contribution in [0.2, 0.25) is 0 Å². The Kier molecular flexibility index (Phi) is 7.42. The number of hydrogen-bond donors (Lipinski definition) is 3. The first-order valence-corrected chi connectivity index (χ1v) is 9.32. The number of hydrogen-bond acceptors (Lipinski definition) is 6. The molecule has 0 bridgehead atoms. The molecule has 1 heterocycles. The maximum atomic E-state index is 12.1. The lowest BCUT2D eigenvalue weighted by Gasteiger charge is -2.15. The van der Waals surface area contributed by atoms with Gasteiger partial charge in [-0.3, -0.25) is 9.59 Å². The van der Waals surface area contributed by atoms with Gasteiger partial charge in [0.15, 0.2) is 5.82 Å². The second-order valence-corrected chi connectivity index (χ2v) is 7.24. The summed E-state index contributed by atoms with van der Waals surface area (Å²) in [5.41, 5.74) is 0.813. The maximum absolute atomic E-state index is 12.1. The van der Waals surface area contributed by atoms with Gasteiger partial charge >= 0.3 is 5.97 Å². The van der Waals surface area contributed by atoms with Crippen LogP contribution in [0.3, 0.4) is 0 Å². The van der Waals surface area contributed by atoms with E-state index in [1.165, 1.54) is 0 Å². The molecule has 2 atom stereocenters. The lowest BCUT2D eigenvalue weighted by atomic mass is 10.1.